The molecule has 1 heterocycles. The van der Waals surface area contributed by atoms with E-state index in [1.165, 1.54) is 6.20 Å². The molecule has 1 atom stereocenters. The van der Waals surface area contributed by atoms with Gasteiger partial charge in [-0.1, -0.05) is 11.6 Å². The van der Waals surface area contributed by atoms with Crippen molar-refractivity contribution in [2.45, 2.75) is 13.0 Å². The van der Waals surface area contributed by atoms with E-state index in [1.54, 1.807) is 13.0 Å². The Hall–Kier alpha value is -0.360. The Bertz CT molecular complexity index is 377. The summed E-state index contributed by atoms with van der Waals surface area (Å²) in [4.78, 5) is 15.3. The number of carbonyl (C=O) groups is 1. The molecule has 0 aliphatic heterocycles. The average Bonchev–Trinajstić information content (AvgIpc) is 2.17. The number of ether oxygens (including phenoxy) is 1. The van der Waals surface area contributed by atoms with Crippen LogP contribution in [-0.2, 0) is 9.53 Å². The van der Waals surface area contributed by atoms with E-state index in [9.17, 15) is 4.79 Å². The lowest BCUT2D eigenvalue weighted by atomic mass is 10.2. The molecule has 0 aromatic carbocycles. The van der Waals surface area contributed by atoms with E-state index in [4.69, 9.17) is 22.1 Å². The first-order chi connectivity index (χ1) is 7.06. The highest BCUT2D eigenvalue weighted by Gasteiger charge is 2.21. The smallest absolute Gasteiger partial charge is 0.329 e. The summed E-state index contributed by atoms with van der Waals surface area (Å²) in [5.74, 6) is -0.533. The third-order valence-electron chi connectivity index (χ3n) is 1.67. The van der Waals surface area contributed by atoms with Gasteiger partial charge in [-0.05, 0) is 28.9 Å². The Morgan fingerprint density at radius 1 is 1.75 bits per heavy atom. The van der Waals surface area contributed by atoms with Gasteiger partial charge in [0.05, 0.1) is 17.3 Å². The van der Waals surface area contributed by atoms with Crippen molar-refractivity contribution in [3.8, 4) is 0 Å². The van der Waals surface area contributed by atoms with E-state index >= 15 is 0 Å². The van der Waals surface area contributed by atoms with Crippen LogP contribution in [0.4, 0.5) is 0 Å². The van der Waals surface area contributed by atoms with Gasteiger partial charge in [0.1, 0.15) is 6.04 Å². The van der Waals surface area contributed by atoms with E-state index in [2.05, 4.69) is 20.9 Å². The van der Waals surface area contributed by atoms with Gasteiger partial charge in [0, 0.05) is 10.7 Å². The van der Waals surface area contributed by atoms with Crippen LogP contribution in [0.15, 0.2) is 16.7 Å². The van der Waals surface area contributed by atoms with E-state index in [-0.39, 0.29) is 19.0 Å². The van der Waals surface area contributed by atoms with Crippen molar-refractivity contribution in [3.05, 3.63) is 27.5 Å². The second-order valence-corrected chi connectivity index (χ2v) is 4.07. The first-order valence-corrected chi connectivity index (χ1v) is 5.46. The lowest BCUT2D eigenvalue weighted by Gasteiger charge is -2.11. The molecule has 1 aromatic rings. The van der Waals surface area contributed by atoms with Gasteiger partial charge in [0.25, 0.3) is 0 Å². The Kier molecular flexibility index (Phi) is 6.90. The molecule has 0 fully saturated rings. The van der Waals surface area contributed by atoms with E-state index in [1.807, 2.05) is 0 Å². The van der Waals surface area contributed by atoms with Crippen LogP contribution in [0.1, 0.15) is 18.7 Å². The molecule has 0 bridgehead atoms. The van der Waals surface area contributed by atoms with Gasteiger partial charge >= 0.3 is 5.97 Å². The molecule has 7 heteroatoms. The largest absolute Gasteiger partial charge is 0.465 e. The van der Waals surface area contributed by atoms with Crippen molar-refractivity contribution >= 4 is 45.9 Å². The number of pyridine rings is 1. The molecule has 0 aliphatic carbocycles. The summed E-state index contributed by atoms with van der Waals surface area (Å²) in [6, 6.07) is 0.689. The number of rotatable bonds is 3. The van der Waals surface area contributed by atoms with Crippen LogP contribution in [0, 0.1) is 0 Å². The number of halogens is 3. The molecule has 1 unspecified atom stereocenters. The molecule has 0 amide bonds. The van der Waals surface area contributed by atoms with E-state index < -0.39 is 12.0 Å². The molecule has 0 saturated carbocycles. The molecule has 0 spiro atoms. The topological polar surface area (TPSA) is 65.2 Å². The van der Waals surface area contributed by atoms with Crippen LogP contribution in [0.2, 0.25) is 5.02 Å². The third kappa shape index (κ3) is 3.90. The summed E-state index contributed by atoms with van der Waals surface area (Å²) in [5.41, 5.74) is 5.96. The standard InChI is InChI=1S/C9H10BrClN2O2.ClH/c1-2-15-9(14)7(12)8-6(11)3-5(10)4-13-8;/h3-4,7H,2,12H2,1H3;1H. The first-order valence-electron chi connectivity index (χ1n) is 4.29. The van der Waals surface area contributed by atoms with Crippen molar-refractivity contribution in [2.75, 3.05) is 6.61 Å². The summed E-state index contributed by atoms with van der Waals surface area (Å²) < 4.78 is 5.50. The zero-order valence-electron chi connectivity index (χ0n) is 8.44. The molecular weight excluding hydrogens is 319 g/mol. The fourth-order valence-electron chi connectivity index (χ4n) is 0.998. The zero-order valence-corrected chi connectivity index (χ0v) is 11.6. The highest BCUT2D eigenvalue weighted by molar-refractivity contribution is 9.10. The third-order valence-corrected chi connectivity index (χ3v) is 2.41. The van der Waals surface area contributed by atoms with Gasteiger partial charge in [-0.25, -0.2) is 4.79 Å². The zero-order chi connectivity index (χ0) is 11.4. The lowest BCUT2D eigenvalue weighted by Crippen LogP contribution is -2.25. The number of nitrogens with two attached hydrogens (primary N) is 1. The van der Waals surface area contributed by atoms with Crippen LogP contribution in [0.5, 0.6) is 0 Å². The average molecular weight is 330 g/mol. The molecule has 0 radical (unpaired) electrons. The van der Waals surface area contributed by atoms with Crippen molar-refractivity contribution in [1.29, 1.82) is 0 Å². The molecule has 4 nitrogen and oxygen atoms in total. The molecular formula is C9H11BrCl2N2O2. The number of esters is 1. The minimum Gasteiger partial charge on any atom is -0.465 e. The van der Waals surface area contributed by atoms with Gasteiger partial charge < -0.3 is 10.5 Å². The van der Waals surface area contributed by atoms with Crippen LogP contribution in [0.25, 0.3) is 0 Å². The molecule has 0 saturated heterocycles. The van der Waals surface area contributed by atoms with E-state index in [0.717, 1.165) is 4.47 Å². The van der Waals surface area contributed by atoms with Gasteiger partial charge in [0.2, 0.25) is 0 Å². The number of hydrogen-bond acceptors (Lipinski definition) is 4. The second-order valence-electron chi connectivity index (χ2n) is 2.75. The van der Waals surface area contributed by atoms with Crippen LogP contribution in [-0.4, -0.2) is 17.6 Å². The molecule has 90 valence electrons. The maximum atomic E-state index is 11.3. The van der Waals surface area contributed by atoms with Crippen molar-refractivity contribution in [2.24, 2.45) is 5.73 Å². The minimum absolute atomic E-state index is 0. The first kappa shape index (κ1) is 15.6. The fourth-order valence-corrected chi connectivity index (χ4v) is 1.74. The molecule has 2 N–H and O–H groups in total. The maximum Gasteiger partial charge on any atom is 0.329 e. The summed E-state index contributed by atoms with van der Waals surface area (Å²) in [6.07, 6.45) is 1.53. The summed E-state index contributed by atoms with van der Waals surface area (Å²) in [6.45, 7) is 1.99. The van der Waals surface area contributed by atoms with Gasteiger partial charge in [-0.3, -0.25) is 4.98 Å². The Labute approximate surface area is 113 Å². The predicted molar refractivity (Wildman–Crippen MR) is 67.8 cm³/mol. The molecule has 16 heavy (non-hydrogen) atoms. The number of hydrogen-bond donors (Lipinski definition) is 1. The van der Waals surface area contributed by atoms with Gasteiger partial charge in [-0.15, -0.1) is 12.4 Å². The fraction of sp³-hybridized carbons (Fsp3) is 0.333. The van der Waals surface area contributed by atoms with Crippen molar-refractivity contribution in [1.82, 2.24) is 4.98 Å². The molecule has 1 rings (SSSR count). The van der Waals surface area contributed by atoms with Crippen molar-refractivity contribution < 1.29 is 9.53 Å². The Morgan fingerprint density at radius 3 is 2.88 bits per heavy atom. The molecule has 0 aliphatic rings. The summed E-state index contributed by atoms with van der Waals surface area (Å²) >= 11 is 9.10. The Morgan fingerprint density at radius 2 is 2.38 bits per heavy atom. The summed E-state index contributed by atoms with van der Waals surface area (Å²) in [5, 5.41) is 0.338. The lowest BCUT2D eigenvalue weighted by molar-refractivity contribution is -0.144. The quantitative estimate of drug-likeness (QED) is 0.865. The van der Waals surface area contributed by atoms with Crippen LogP contribution in [0.3, 0.4) is 0 Å². The highest BCUT2D eigenvalue weighted by atomic mass is 79.9. The summed E-state index contributed by atoms with van der Waals surface area (Å²) in [7, 11) is 0. The van der Waals surface area contributed by atoms with Gasteiger partial charge in [-0.2, -0.15) is 0 Å². The number of aromatic nitrogens is 1. The monoisotopic (exact) mass is 328 g/mol. The second kappa shape index (κ2) is 7.06. The predicted octanol–water partition coefficient (Wildman–Crippen LogP) is 2.48. The van der Waals surface area contributed by atoms with Crippen LogP contribution < -0.4 is 5.73 Å². The number of nitrogens with zero attached hydrogens (tertiary/aromatic N) is 1. The number of carbonyl (C=O) groups excluding carboxylic acids is 1. The van der Waals surface area contributed by atoms with Gasteiger partial charge in [0.15, 0.2) is 0 Å². The highest BCUT2D eigenvalue weighted by Crippen LogP contribution is 2.23. The SMILES string of the molecule is CCOC(=O)C(N)c1ncc(Br)cc1Cl.Cl. The Balaban J connectivity index is 0.00000225. The van der Waals surface area contributed by atoms with E-state index in [0.29, 0.717) is 10.7 Å². The minimum atomic E-state index is -0.939. The maximum absolute atomic E-state index is 11.3. The normalized spacial score (nSPS) is 11.5. The molecule has 1 aromatic heterocycles. The van der Waals surface area contributed by atoms with Crippen molar-refractivity contribution in [3.63, 3.8) is 0 Å². The van der Waals surface area contributed by atoms with Crippen LogP contribution >= 0.6 is 39.9 Å².